The van der Waals surface area contributed by atoms with E-state index in [2.05, 4.69) is 48.6 Å². The van der Waals surface area contributed by atoms with Gasteiger partial charge in [0, 0.05) is 41.9 Å². The van der Waals surface area contributed by atoms with Crippen molar-refractivity contribution >= 4 is 12.4 Å². The maximum atomic E-state index is 14.8. The Hall–Kier alpha value is -2.89. The summed E-state index contributed by atoms with van der Waals surface area (Å²) in [6.45, 7) is 9.95. The van der Waals surface area contributed by atoms with Crippen molar-refractivity contribution in [3.63, 3.8) is 0 Å². The lowest BCUT2D eigenvalue weighted by molar-refractivity contribution is -0.126. The SMILES string of the molecule is [2H]N1C(NC2=CCC3OC(C4CN(C=O)CCO4)=COC3=C2)=NC=C(F)C1NC1CC(C)(C)NC(C)(C)C1. The number of halogens is 1. The highest BCUT2D eigenvalue weighted by molar-refractivity contribution is 5.84. The molecule has 0 aromatic rings. The first-order valence-electron chi connectivity index (χ1n) is 13.3. The van der Waals surface area contributed by atoms with Gasteiger partial charge in [-0.1, -0.05) is 6.08 Å². The molecule has 5 aliphatic rings. The number of rotatable bonds is 5. The molecule has 3 unspecified atom stereocenters. The smallest absolute Gasteiger partial charge is 0.209 e. The minimum Gasteiger partial charge on any atom is -0.480 e. The molecule has 11 heteroatoms. The van der Waals surface area contributed by atoms with E-state index < -0.39 is 12.0 Å². The summed E-state index contributed by atoms with van der Waals surface area (Å²) in [5, 5.41) is 11.1. The first-order valence-corrected chi connectivity index (χ1v) is 12.8. The van der Waals surface area contributed by atoms with Crippen molar-refractivity contribution in [1.82, 2.24) is 26.2 Å². The summed E-state index contributed by atoms with van der Waals surface area (Å²) < 4.78 is 41.2. The molecule has 202 valence electrons. The normalized spacial score (nSPS) is 31.8. The molecule has 0 aromatic carbocycles. The largest absolute Gasteiger partial charge is 0.480 e. The second-order valence-electron chi connectivity index (χ2n) is 11.4. The summed E-state index contributed by atoms with van der Waals surface area (Å²) in [7, 11) is 0. The maximum Gasteiger partial charge on any atom is 0.209 e. The molecule has 0 radical (unpaired) electrons. The average Bonchev–Trinajstić information content (AvgIpc) is 2.86. The number of amides is 1. The summed E-state index contributed by atoms with van der Waals surface area (Å²) in [5.74, 6) is 0.854. The molecular weight excluding hydrogens is 479 g/mol. The summed E-state index contributed by atoms with van der Waals surface area (Å²) in [6, 6.07) is 0.0231. The molecule has 0 spiro atoms. The number of ether oxygens (including phenoxy) is 3. The van der Waals surface area contributed by atoms with Gasteiger partial charge in [0.15, 0.2) is 19.1 Å². The van der Waals surface area contributed by atoms with Gasteiger partial charge in [0.05, 0.1) is 19.4 Å². The number of hydrogen-bond acceptors (Lipinski definition) is 9. The van der Waals surface area contributed by atoms with Crippen LogP contribution in [-0.4, -0.2) is 72.5 Å². The third-order valence-electron chi connectivity index (χ3n) is 6.98. The third-order valence-corrected chi connectivity index (χ3v) is 6.98. The van der Waals surface area contributed by atoms with E-state index in [1.807, 2.05) is 6.08 Å². The van der Waals surface area contributed by atoms with E-state index in [0.29, 0.717) is 43.3 Å². The van der Waals surface area contributed by atoms with Crippen LogP contribution in [0.4, 0.5) is 4.39 Å². The van der Waals surface area contributed by atoms with Gasteiger partial charge in [0.1, 0.15) is 24.3 Å². The van der Waals surface area contributed by atoms with Crippen LogP contribution < -0.4 is 21.3 Å². The van der Waals surface area contributed by atoms with Crippen LogP contribution in [0.3, 0.4) is 0 Å². The first kappa shape index (κ1) is 24.4. The molecule has 3 atom stereocenters. The number of aliphatic imine (C=N–C) groups is 1. The topological polar surface area (TPSA) is 108 Å². The Bertz CT molecular complexity index is 1090. The number of allylic oxidation sites excluding steroid dienone is 1. The van der Waals surface area contributed by atoms with Gasteiger partial charge in [-0.15, -0.1) is 0 Å². The quantitative estimate of drug-likeness (QED) is 0.410. The summed E-state index contributed by atoms with van der Waals surface area (Å²) >= 11 is 0. The van der Waals surface area contributed by atoms with Gasteiger partial charge in [0.2, 0.25) is 12.4 Å². The zero-order valence-electron chi connectivity index (χ0n) is 22.8. The fourth-order valence-corrected chi connectivity index (χ4v) is 5.75. The molecule has 4 aliphatic heterocycles. The molecule has 0 saturated carbocycles. The second-order valence-corrected chi connectivity index (χ2v) is 11.4. The van der Waals surface area contributed by atoms with Crippen molar-refractivity contribution in [3.05, 3.63) is 47.7 Å². The van der Waals surface area contributed by atoms with Gasteiger partial charge in [-0.05, 0) is 40.5 Å². The Morgan fingerprint density at radius 2 is 2.03 bits per heavy atom. The van der Waals surface area contributed by atoms with Gasteiger partial charge in [-0.25, -0.2) is 9.38 Å². The zero-order chi connectivity index (χ0) is 27.1. The van der Waals surface area contributed by atoms with Crippen molar-refractivity contribution in [2.45, 2.75) is 82.5 Å². The number of carbonyl (C=O) groups excluding carboxylic acids is 1. The fourth-order valence-electron chi connectivity index (χ4n) is 5.75. The molecule has 0 aromatic heterocycles. The molecule has 1 aliphatic carbocycles. The predicted octanol–water partition coefficient (Wildman–Crippen LogP) is 1.86. The van der Waals surface area contributed by atoms with E-state index in [0.717, 1.165) is 30.8 Å². The van der Waals surface area contributed by atoms with Crippen molar-refractivity contribution in [3.8, 4) is 0 Å². The van der Waals surface area contributed by atoms with Crippen LogP contribution in [0.1, 0.15) is 47.0 Å². The number of nitrogens with zero attached hydrogens (tertiary/aromatic N) is 2. The standard InChI is InChI=1S/C26H37FN6O4/c1-25(2)10-17(11-26(3,4)32-25)29-23-18(27)12-28-24(31-23)30-16-5-6-19-20(9-16)36-14-22(37-19)21-13-33(15-34)7-8-35-21/h5,9,12,14-15,17,19,21,23,29,32H,6-8,10-11,13H2,1-4H3,(H2,28,30,31)/i/hD. The number of carbonyl (C=O) groups is 1. The molecule has 4 N–H and O–H groups in total. The monoisotopic (exact) mass is 517 g/mol. The van der Waals surface area contributed by atoms with Crippen LogP contribution in [0.25, 0.3) is 0 Å². The highest BCUT2D eigenvalue weighted by Crippen LogP contribution is 2.31. The van der Waals surface area contributed by atoms with Crippen LogP contribution in [0.5, 0.6) is 0 Å². The third kappa shape index (κ3) is 6.16. The van der Waals surface area contributed by atoms with E-state index in [4.69, 9.17) is 15.6 Å². The second kappa shape index (κ2) is 10.1. The summed E-state index contributed by atoms with van der Waals surface area (Å²) in [5.41, 5.74) is 0.450. The molecule has 4 heterocycles. The molecule has 0 bridgehead atoms. The van der Waals surface area contributed by atoms with E-state index in [1.54, 1.807) is 11.0 Å². The Morgan fingerprint density at radius 3 is 2.78 bits per heavy atom. The molecule has 37 heavy (non-hydrogen) atoms. The lowest BCUT2D eigenvalue weighted by Crippen LogP contribution is -2.64. The minimum absolute atomic E-state index is 0.0231. The minimum atomic E-state index is -0.949. The van der Waals surface area contributed by atoms with E-state index in [-0.39, 0.29) is 35.3 Å². The number of hydrogen-bond donors (Lipinski definition) is 4. The number of piperidine rings is 1. The van der Waals surface area contributed by atoms with Gasteiger partial charge >= 0.3 is 0 Å². The number of morpholine rings is 1. The van der Waals surface area contributed by atoms with E-state index >= 15 is 0 Å². The maximum absolute atomic E-state index is 14.8. The van der Waals surface area contributed by atoms with Crippen LogP contribution in [0, 0.1) is 0 Å². The first-order chi connectivity index (χ1) is 18.0. The van der Waals surface area contributed by atoms with Crippen LogP contribution in [0.2, 0.25) is 1.41 Å². The van der Waals surface area contributed by atoms with Crippen molar-refractivity contribution in [2.24, 2.45) is 4.99 Å². The van der Waals surface area contributed by atoms with Crippen LogP contribution in [0.15, 0.2) is 52.6 Å². The Kier molecular flexibility index (Phi) is 6.68. The lowest BCUT2D eigenvalue weighted by Gasteiger charge is -2.47. The van der Waals surface area contributed by atoms with Crippen LogP contribution >= 0.6 is 0 Å². The highest BCUT2D eigenvalue weighted by atomic mass is 19.1. The molecule has 2 fully saturated rings. The van der Waals surface area contributed by atoms with E-state index in [9.17, 15) is 9.18 Å². The average molecular weight is 518 g/mol. The molecule has 2 saturated heterocycles. The van der Waals surface area contributed by atoms with Crippen molar-refractivity contribution in [2.75, 3.05) is 19.7 Å². The zero-order valence-corrected chi connectivity index (χ0v) is 21.8. The van der Waals surface area contributed by atoms with Crippen molar-refractivity contribution < 1.29 is 24.8 Å². The van der Waals surface area contributed by atoms with Gasteiger partial charge in [-0.3, -0.25) is 10.1 Å². The van der Waals surface area contributed by atoms with Gasteiger partial charge in [0.25, 0.3) is 0 Å². The highest BCUT2D eigenvalue weighted by Gasteiger charge is 2.39. The van der Waals surface area contributed by atoms with E-state index in [1.165, 1.54) is 6.26 Å². The number of nitrogens with one attached hydrogen (secondary N) is 4. The molecule has 1 amide bonds. The van der Waals surface area contributed by atoms with Gasteiger partial charge in [-0.2, -0.15) is 0 Å². The van der Waals surface area contributed by atoms with Gasteiger partial charge < -0.3 is 35.1 Å². The van der Waals surface area contributed by atoms with Crippen LogP contribution in [-0.2, 0) is 19.0 Å². The number of fused-ring (bicyclic) bond motifs is 1. The molecular formula is C26H37FN6O4. The Morgan fingerprint density at radius 1 is 1.24 bits per heavy atom. The lowest BCUT2D eigenvalue weighted by atomic mass is 9.79. The molecule has 5 rings (SSSR count). The number of guanidine groups is 1. The summed E-state index contributed by atoms with van der Waals surface area (Å²) in [6.07, 6.45) is 7.67. The predicted molar refractivity (Wildman–Crippen MR) is 136 cm³/mol. The van der Waals surface area contributed by atoms with Crippen molar-refractivity contribution in [1.29, 1.82) is 0 Å². The summed E-state index contributed by atoms with van der Waals surface area (Å²) in [4.78, 5) is 16.9. The Balaban J connectivity index is 1.22. The molecule has 10 nitrogen and oxygen atoms in total. The Labute approximate surface area is 218 Å². The fraction of sp³-hybridized carbons (Fsp3) is 0.615.